The van der Waals surface area contributed by atoms with E-state index in [1.54, 1.807) is 24.3 Å². The third-order valence-corrected chi connectivity index (χ3v) is 4.28. The fourth-order valence-corrected chi connectivity index (χ4v) is 3.34. The van der Waals surface area contributed by atoms with Crippen molar-refractivity contribution in [1.82, 2.24) is 0 Å². The van der Waals surface area contributed by atoms with Gasteiger partial charge in [-0.25, -0.2) is 0 Å². The molecule has 0 aliphatic heterocycles. The molecule has 0 unspecified atom stereocenters. The first-order chi connectivity index (χ1) is 11.0. The molecule has 114 valence electrons. The van der Waals surface area contributed by atoms with E-state index in [1.165, 1.54) is 6.07 Å². The monoisotopic (exact) mass is 310 g/mol. The zero-order valence-electron chi connectivity index (χ0n) is 12.0. The predicted molar refractivity (Wildman–Crippen MR) is 85.7 cm³/mol. The molecule has 0 aromatic heterocycles. The van der Waals surface area contributed by atoms with Gasteiger partial charge >= 0.3 is 0 Å². The van der Waals surface area contributed by atoms with Crippen LogP contribution in [0.5, 0.6) is 11.5 Å². The lowest BCUT2D eigenvalue weighted by atomic mass is 9.94. The molecule has 0 fully saturated rings. The Morgan fingerprint density at radius 3 is 2.43 bits per heavy atom. The van der Waals surface area contributed by atoms with Crippen LogP contribution in [-0.2, 0) is 6.42 Å². The first kappa shape index (κ1) is 13.8. The van der Waals surface area contributed by atoms with E-state index < -0.39 is 6.08 Å². The maximum absolute atomic E-state index is 13.0. The molecule has 0 bridgehead atoms. The SMILES string of the molecule is Oc1ccc2c(c1)Cc1c-2cc2ccc(O)cc2c1C=C(F)F. The normalized spacial score (nSPS) is 12.1. The largest absolute Gasteiger partial charge is 0.508 e. The second kappa shape index (κ2) is 4.81. The Kier molecular flexibility index (Phi) is 2.88. The lowest BCUT2D eigenvalue weighted by Gasteiger charge is -2.10. The van der Waals surface area contributed by atoms with Crippen molar-refractivity contribution >= 4 is 16.8 Å². The van der Waals surface area contributed by atoms with Crippen LogP contribution in [0.3, 0.4) is 0 Å². The second-order valence-electron chi connectivity index (χ2n) is 5.67. The predicted octanol–water partition coefficient (Wildman–Crippen LogP) is 5.06. The molecule has 0 heterocycles. The molecule has 1 aliphatic rings. The summed E-state index contributed by atoms with van der Waals surface area (Å²) in [6.45, 7) is 0. The Morgan fingerprint density at radius 2 is 1.65 bits per heavy atom. The Morgan fingerprint density at radius 1 is 0.913 bits per heavy atom. The summed E-state index contributed by atoms with van der Waals surface area (Å²) in [6, 6.07) is 11.8. The highest BCUT2D eigenvalue weighted by atomic mass is 19.3. The molecule has 4 rings (SSSR count). The summed E-state index contributed by atoms with van der Waals surface area (Å²) in [4.78, 5) is 0. The van der Waals surface area contributed by atoms with Gasteiger partial charge in [-0.05, 0) is 75.3 Å². The van der Waals surface area contributed by atoms with Gasteiger partial charge in [-0.3, -0.25) is 0 Å². The van der Waals surface area contributed by atoms with E-state index >= 15 is 0 Å². The maximum atomic E-state index is 13.0. The van der Waals surface area contributed by atoms with Gasteiger partial charge < -0.3 is 10.2 Å². The molecule has 0 radical (unpaired) electrons. The van der Waals surface area contributed by atoms with Crippen molar-refractivity contribution in [2.24, 2.45) is 0 Å². The average molecular weight is 310 g/mol. The van der Waals surface area contributed by atoms with Crippen LogP contribution < -0.4 is 0 Å². The van der Waals surface area contributed by atoms with E-state index in [2.05, 4.69) is 0 Å². The van der Waals surface area contributed by atoms with Gasteiger partial charge in [-0.2, -0.15) is 8.78 Å². The van der Waals surface area contributed by atoms with Gasteiger partial charge in [-0.1, -0.05) is 12.1 Å². The van der Waals surface area contributed by atoms with Crippen LogP contribution in [0, 0.1) is 0 Å². The number of fused-ring (bicyclic) bond motifs is 4. The lowest BCUT2D eigenvalue weighted by molar-refractivity contribution is 0.429. The summed E-state index contributed by atoms with van der Waals surface area (Å²) in [5.74, 6) is 0.201. The number of phenolic OH excluding ortho intramolecular Hbond substituents is 2. The van der Waals surface area contributed by atoms with Crippen LogP contribution in [0.25, 0.3) is 28.0 Å². The molecule has 3 aromatic carbocycles. The number of rotatable bonds is 1. The van der Waals surface area contributed by atoms with Gasteiger partial charge in [0.2, 0.25) is 0 Å². The molecule has 0 saturated carbocycles. The Labute approximate surface area is 130 Å². The minimum absolute atomic E-state index is 0.0412. The third-order valence-electron chi connectivity index (χ3n) is 4.28. The van der Waals surface area contributed by atoms with Crippen LogP contribution >= 0.6 is 0 Å². The van der Waals surface area contributed by atoms with Crippen LogP contribution in [-0.4, -0.2) is 10.2 Å². The topological polar surface area (TPSA) is 40.5 Å². The average Bonchev–Trinajstić information content (AvgIpc) is 2.84. The fraction of sp³-hybridized carbons (Fsp3) is 0.0526. The van der Waals surface area contributed by atoms with Gasteiger partial charge in [0.05, 0.1) is 0 Å². The smallest absolute Gasteiger partial charge is 0.270 e. The van der Waals surface area contributed by atoms with E-state index in [9.17, 15) is 19.0 Å². The molecule has 2 N–H and O–H groups in total. The standard InChI is InChI=1S/C19H12F2O2/c20-19(21)9-18-15-8-13(23)2-1-10(15)6-16-14-4-3-12(22)5-11(14)7-17(16)18/h1-6,8-9,22-23H,7H2. The summed E-state index contributed by atoms with van der Waals surface area (Å²) in [7, 11) is 0. The highest BCUT2D eigenvalue weighted by Gasteiger charge is 2.23. The van der Waals surface area contributed by atoms with Gasteiger partial charge in [-0.15, -0.1) is 0 Å². The number of halogens is 2. The maximum Gasteiger partial charge on any atom is 0.270 e. The molecule has 0 saturated heterocycles. The van der Waals surface area contributed by atoms with Crippen molar-refractivity contribution in [3.8, 4) is 22.6 Å². The summed E-state index contributed by atoms with van der Waals surface area (Å²) < 4.78 is 25.9. The Bertz CT molecular complexity index is 986. The first-order valence-electron chi connectivity index (χ1n) is 7.16. The molecule has 0 atom stereocenters. The van der Waals surface area contributed by atoms with Crippen molar-refractivity contribution in [3.63, 3.8) is 0 Å². The van der Waals surface area contributed by atoms with Crippen LogP contribution in [0.2, 0.25) is 0 Å². The highest BCUT2D eigenvalue weighted by Crippen LogP contribution is 2.44. The second-order valence-corrected chi connectivity index (χ2v) is 5.67. The van der Waals surface area contributed by atoms with Gasteiger partial charge in [0.15, 0.2) is 0 Å². The van der Waals surface area contributed by atoms with Crippen molar-refractivity contribution in [2.45, 2.75) is 6.42 Å². The van der Waals surface area contributed by atoms with E-state index in [4.69, 9.17) is 0 Å². The molecule has 23 heavy (non-hydrogen) atoms. The molecule has 4 heteroatoms. The number of phenols is 2. The molecule has 0 amide bonds. The molecule has 1 aliphatic carbocycles. The van der Waals surface area contributed by atoms with Crippen LogP contribution in [0.15, 0.2) is 48.5 Å². The Balaban J connectivity index is 2.09. The van der Waals surface area contributed by atoms with Crippen molar-refractivity contribution < 1.29 is 19.0 Å². The lowest BCUT2D eigenvalue weighted by Crippen LogP contribution is -1.90. The summed E-state index contributed by atoms with van der Waals surface area (Å²) in [6.07, 6.45) is -0.447. The third kappa shape index (κ3) is 2.14. The van der Waals surface area contributed by atoms with Crippen LogP contribution in [0.4, 0.5) is 8.78 Å². The number of hydrogen-bond acceptors (Lipinski definition) is 2. The van der Waals surface area contributed by atoms with E-state index in [0.717, 1.165) is 33.7 Å². The van der Waals surface area contributed by atoms with Crippen molar-refractivity contribution in [3.05, 3.63) is 65.2 Å². The molecule has 0 spiro atoms. The number of aromatic hydroxyl groups is 2. The zero-order chi connectivity index (χ0) is 16.1. The molecular weight excluding hydrogens is 298 g/mol. The van der Waals surface area contributed by atoms with Crippen molar-refractivity contribution in [2.75, 3.05) is 0 Å². The Hall–Kier alpha value is -2.88. The fourth-order valence-electron chi connectivity index (χ4n) is 3.34. The number of hydrogen-bond donors (Lipinski definition) is 2. The van der Waals surface area contributed by atoms with Gasteiger partial charge in [0, 0.05) is 6.08 Å². The van der Waals surface area contributed by atoms with Crippen molar-refractivity contribution in [1.29, 1.82) is 0 Å². The quantitative estimate of drug-likeness (QED) is 0.516. The van der Waals surface area contributed by atoms with E-state index in [0.29, 0.717) is 17.4 Å². The summed E-state index contributed by atoms with van der Waals surface area (Å²) in [5, 5.41) is 20.7. The van der Waals surface area contributed by atoms with Gasteiger partial charge in [0.1, 0.15) is 11.5 Å². The van der Waals surface area contributed by atoms with E-state index in [1.807, 2.05) is 12.1 Å². The summed E-state index contributed by atoms with van der Waals surface area (Å²) >= 11 is 0. The summed E-state index contributed by atoms with van der Waals surface area (Å²) in [5.41, 5.74) is 3.96. The zero-order valence-corrected chi connectivity index (χ0v) is 12.0. The minimum Gasteiger partial charge on any atom is -0.508 e. The van der Waals surface area contributed by atoms with Crippen LogP contribution in [0.1, 0.15) is 16.7 Å². The highest BCUT2D eigenvalue weighted by molar-refractivity contribution is 5.99. The molecule has 3 aromatic rings. The van der Waals surface area contributed by atoms with E-state index in [-0.39, 0.29) is 11.5 Å². The minimum atomic E-state index is -1.78. The molecule has 2 nitrogen and oxygen atoms in total. The van der Waals surface area contributed by atoms with Gasteiger partial charge in [0.25, 0.3) is 6.08 Å². The first-order valence-corrected chi connectivity index (χ1v) is 7.16. The number of benzene rings is 3. The molecular formula is C19H12F2O2.